The molecule has 1 aliphatic heterocycles. The van der Waals surface area contributed by atoms with E-state index in [1.165, 1.54) is 0 Å². The first-order valence-electron chi connectivity index (χ1n) is 6.78. The SMILES string of the molecule is CCCCS(=O)(=O)OCCN1C(=O)c2ccccc2C1=O. The van der Waals surface area contributed by atoms with Gasteiger partial charge in [-0.1, -0.05) is 25.5 Å². The van der Waals surface area contributed by atoms with Crippen LogP contribution in [0.5, 0.6) is 0 Å². The van der Waals surface area contributed by atoms with Gasteiger partial charge in [0, 0.05) is 0 Å². The van der Waals surface area contributed by atoms with Gasteiger partial charge in [-0.2, -0.15) is 8.42 Å². The number of hydrogen-bond acceptors (Lipinski definition) is 5. The lowest BCUT2D eigenvalue weighted by molar-refractivity contribution is 0.0632. The van der Waals surface area contributed by atoms with Crippen LogP contribution in [0.15, 0.2) is 24.3 Å². The summed E-state index contributed by atoms with van der Waals surface area (Å²) in [5, 5.41) is 0. The number of carbonyl (C=O) groups excluding carboxylic acids is 2. The van der Waals surface area contributed by atoms with Gasteiger partial charge in [0.05, 0.1) is 30.0 Å². The highest BCUT2D eigenvalue weighted by molar-refractivity contribution is 7.86. The number of nitrogens with zero attached hydrogens (tertiary/aromatic N) is 1. The van der Waals surface area contributed by atoms with Crippen LogP contribution >= 0.6 is 0 Å². The lowest BCUT2D eigenvalue weighted by Gasteiger charge is -2.13. The van der Waals surface area contributed by atoms with E-state index in [0.29, 0.717) is 17.5 Å². The Hall–Kier alpha value is -1.73. The number of rotatable bonds is 7. The van der Waals surface area contributed by atoms with Crippen molar-refractivity contribution < 1.29 is 22.2 Å². The van der Waals surface area contributed by atoms with E-state index in [-0.39, 0.29) is 18.9 Å². The molecule has 1 aromatic rings. The van der Waals surface area contributed by atoms with Crippen molar-refractivity contribution in [2.75, 3.05) is 18.9 Å². The van der Waals surface area contributed by atoms with Crippen LogP contribution in [0.4, 0.5) is 0 Å². The van der Waals surface area contributed by atoms with Crippen LogP contribution in [0.1, 0.15) is 40.5 Å². The zero-order valence-electron chi connectivity index (χ0n) is 11.7. The van der Waals surface area contributed by atoms with Crippen LogP contribution in [0, 0.1) is 0 Å². The first kappa shape index (κ1) is 15.7. The molecule has 0 saturated heterocycles. The van der Waals surface area contributed by atoms with E-state index in [1.54, 1.807) is 24.3 Å². The van der Waals surface area contributed by atoms with E-state index < -0.39 is 21.9 Å². The molecule has 6 nitrogen and oxygen atoms in total. The summed E-state index contributed by atoms with van der Waals surface area (Å²) in [7, 11) is -3.59. The average molecular weight is 311 g/mol. The third-order valence-electron chi connectivity index (χ3n) is 3.20. The Kier molecular flexibility index (Phi) is 4.74. The first-order chi connectivity index (χ1) is 9.96. The molecule has 0 saturated carbocycles. The molecule has 0 bridgehead atoms. The minimum Gasteiger partial charge on any atom is -0.272 e. The molecular weight excluding hydrogens is 294 g/mol. The van der Waals surface area contributed by atoms with E-state index in [0.717, 1.165) is 11.3 Å². The van der Waals surface area contributed by atoms with Crippen molar-refractivity contribution in [3.63, 3.8) is 0 Å². The van der Waals surface area contributed by atoms with E-state index in [9.17, 15) is 18.0 Å². The third kappa shape index (κ3) is 3.48. The van der Waals surface area contributed by atoms with E-state index in [1.807, 2.05) is 6.92 Å². The van der Waals surface area contributed by atoms with Crippen molar-refractivity contribution in [2.45, 2.75) is 19.8 Å². The molecule has 0 aromatic heterocycles. The molecule has 0 N–H and O–H groups in total. The molecule has 1 heterocycles. The largest absolute Gasteiger partial charge is 0.272 e. The number of hydrogen-bond donors (Lipinski definition) is 0. The van der Waals surface area contributed by atoms with Gasteiger partial charge < -0.3 is 0 Å². The lowest BCUT2D eigenvalue weighted by atomic mass is 10.1. The highest BCUT2D eigenvalue weighted by Crippen LogP contribution is 2.21. The molecule has 0 spiro atoms. The van der Waals surface area contributed by atoms with Crippen molar-refractivity contribution >= 4 is 21.9 Å². The Morgan fingerprint density at radius 2 is 1.67 bits per heavy atom. The Balaban J connectivity index is 1.94. The maximum atomic E-state index is 12.0. The molecular formula is C14H17NO5S. The third-order valence-corrected chi connectivity index (χ3v) is 4.52. The zero-order chi connectivity index (χ0) is 15.5. The van der Waals surface area contributed by atoms with Gasteiger partial charge in [0.1, 0.15) is 0 Å². The van der Waals surface area contributed by atoms with Crippen LogP contribution in [-0.2, 0) is 14.3 Å². The molecule has 0 unspecified atom stereocenters. The van der Waals surface area contributed by atoms with Crippen molar-refractivity contribution in [2.24, 2.45) is 0 Å². The van der Waals surface area contributed by atoms with Crippen molar-refractivity contribution in [1.29, 1.82) is 0 Å². The summed E-state index contributed by atoms with van der Waals surface area (Å²) in [5.74, 6) is -0.874. The molecule has 0 fully saturated rings. The maximum Gasteiger partial charge on any atom is 0.267 e. The van der Waals surface area contributed by atoms with Gasteiger partial charge in [-0.15, -0.1) is 0 Å². The average Bonchev–Trinajstić information content (AvgIpc) is 2.71. The summed E-state index contributed by atoms with van der Waals surface area (Å²) in [4.78, 5) is 25.1. The second kappa shape index (κ2) is 6.36. The standard InChI is InChI=1S/C14H17NO5S/c1-2-3-10-21(18,19)20-9-8-15-13(16)11-6-4-5-7-12(11)14(15)17/h4-7H,2-3,8-10H2,1H3. The van der Waals surface area contributed by atoms with Crippen molar-refractivity contribution in [3.05, 3.63) is 35.4 Å². The lowest BCUT2D eigenvalue weighted by Crippen LogP contribution is -2.33. The van der Waals surface area contributed by atoms with Gasteiger partial charge in [-0.3, -0.25) is 18.7 Å². The molecule has 0 radical (unpaired) electrons. The predicted octanol–water partition coefficient (Wildman–Crippen LogP) is 1.43. The second-order valence-corrected chi connectivity index (χ2v) is 6.50. The Bertz CT molecular complexity index is 618. The Morgan fingerprint density at radius 1 is 1.10 bits per heavy atom. The first-order valence-corrected chi connectivity index (χ1v) is 8.36. The minimum atomic E-state index is -3.59. The number of imide groups is 1. The summed E-state index contributed by atoms with van der Waals surface area (Å²) < 4.78 is 27.9. The van der Waals surface area contributed by atoms with Crippen molar-refractivity contribution in [1.82, 2.24) is 4.90 Å². The molecule has 0 aliphatic carbocycles. The van der Waals surface area contributed by atoms with Gasteiger partial charge in [-0.05, 0) is 18.6 Å². The quantitative estimate of drug-likeness (QED) is 0.562. The molecule has 2 amide bonds. The number of fused-ring (bicyclic) bond motifs is 1. The smallest absolute Gasteiger partial charge is 0.267 e. The molecule has 0 atom stereocenters. The highest BCUT2D eigenvalue weighted by Gasteiger charge is 2.34. The number of unbranched alkanes of at least 4 members (excludes halogenated alkanes) is 1. The van der Waals surface area contributed by atoms with Crippen LogP contribution < -0.4 is 0 Å². The van der Waals surface area contributed by atoms with Gasteiger partial charge in [-0.25, -0.2) is 0 Å². The summed E-state index contributed by atoms with van der Waals surface area (Å²) in [5.41, 5.74) is 0.688. The molecule has 21 heavy (non-hydrogen) atoms. The van der Waals surface area contributed by atoms with E-state index in [2.05, 4.69) is 0 Å². The van der Waals surface area contributed by atoms with Crippen LogP contribution in [0.2, 0.25) is 0 Å². The minimum absolute atomic E-state index is 0.0500. The van der Waals surface area contributed by atoms with Gasteiger partial charge in [0.25, 0.3) is 21.9 Å². The van der Waals surface area contributed by atoms with E-state index in [4.69, 9.17) is 4.18 Å². The number of amides is 2. The van der Waals surface area contributed by atoms with Gasteiger partial charge in [0.15, 0.2) is 0 Å². The number of benzene rings is 1. The predicted molar refractivity (Wildman–Crippen MR) is 76.5 cm³/mol. The van der Waals surface area contributed by atoms with Crippen LogP contribution in [0.25, 0.3) is 0 Å². The van der Waals surface area contributed by atoms with Crippen LogP contribution in [-0.4, -0.2) is 44.0 Å². The maximum absolute atomic E-state index is 12.0. The molecule has 2 rings (SSSR count). The molecule has 1 aromatic carbocycles. The fourth-order valence-electron chi connectivity index (χ4n) is 2.08. The highest BCUT2D eigenvalue weighted by atomic mass is 32.2. The fourth-order valence-corrected chi connectivity index (χ4v) is 3.17. The Morgan fingerprint density at radius 3 is 2.19 bits per heavy atom. The second-order valence-electron chi connectivity index (χ2n) is 4.74. The van der Waals surface area contributed by atoms with Crippen LogP contribution in [0.3, 0.4) is 0 Å². The molecule has 7 heteroatoms. The summed E-state index contributed by atoms with van der Waals surface area (Å²) in [6, 6.07) is 6.52. The topological polar surface area (TPSA) is 80.8 Å². The summed E-state index contributed by atoms with van der Waals surface area (Å²) in [6.07, 6.45) is 1.27. The monoisotopic (exact) mass is 311 g/mol. The van der Waals surface area contributed by atoms with Gasteiger partial charge in [0.2, 0.25) is 0 Å². The van der Waals surface area contributed by atoms with E-state index >= 15 is 0 Å². The zero-order valence-corrected chi connectivity index (χ0v) is 12.6. The summed E-state index contributed by atoms with van der Waals surface area (Å²) in [6.45, 7) is 1.60. The van der Waals surface area contributed by atoms with Crippen molar-refractivity contribution in [3.8, 4) is 0 Å². The Labute approximate surface area is 123 Å². The molecule has 114 valence electrons. The van der Waals surface area contributed by atoms with Gasteiger partial charge >= 0.3 is 0 Å². The number of carbonyl (C=O) groups is 2. The fraction of sp³-hybridized carbons (Fsp3) is 0.429. The summed E-state index contributed by atoms with van der Waals surface area (Å²) >= 11 is 0. The normalized spacial score (nSPS) is 14.6. The molecule has 1 aliphatic rings.